The number of nitrogens with zero attached hydrogens (tertiary/aromatic N) is 2. The molecule has 0 unspecified atom stereocenters. The zero-order valence-electron chi connectivity index (χ0n) is 10.9. The van der Waals surface area contributed by atoms with Gasteiger partial charge in [-0.25, -0.2) is 4.98 Å². The first-order valence-corrected chi connectivity index (χ1v) is 6.08. The Bertz CT molecular complexity index is 729. The van der Waals surface area contributed by atoms with Gasteiger partial charge < -0.3 is 10.5 Å². The van der Waals surface area contributed by atoms with Gasteiger partial charge in [0.25, 0.3) is 0 Å². The van der Waals surface area contributed by atoms with E-state index in [1.54, 1.807) is 7.11 Å². The van der Waals surface area contributed by atoms with Crippen molar-refractivity contribution in [2.75, 3.05) is 12.8 Å². The number of imidazole rings is 1. The first kappa shape index (κ1) is 11.6. The quantitative estimate of drug-likeness (QED) is 0.764. The van der Waals surface area contributed by atoms with Crippen LogP contribution in [0.1, 0.15) is 5.56 Å². The summed E-state index contributed by atoms with van der Waals surface area (Å²) in [5.74, 6) is 1.32. The van der Waals surface area contributed by atoms with Crippen LogP contribution in [0.25, 0.3) is 16.7 Å². The van der Waals surface area contributed by atoms with Gasteiger partial charge in [-0.2, -0.15) is 0 Å². The maximum atomic E-state index is 6.05. The summed E-state index contributed by atoms with van der Waals surface area (Å²) >= 11 is 0. The lowest BCUT2D eigenvalue weighted by molar-refractivity contribution is 0.415. The lowest BCUT2D eigenvalue weighted by Gasteiger charge is -2.09. The van der Waals surface area contributed by atoms with E-state index in [0.717, 1.165) is 28.0 Å². The third-order valence-electron chi connectivity index (χ3n) is 3.23. The van der Waals surface area contributed by atoms with E-state index in [0.29, 0.717) is 5.95 Å². The molecule has 0 saturated carbocycles. The Kier molecular flexibility index (Phi) is 2.63. The molecule has 96 valence electrons. The van der Waals surface area contributed by atoms with Gasteiger partial charge in [0.15, 0.2) is 0 Å². The molecule has 0 aliphatic carbocycles. The number of aryl methyl sites for hydroxylation is 1. The minimum Gasteiger partial charge on any atom is -0.497 e. The highest BCUT2D eigenvalue weighted by Gasteiger charge is 2.11. The van der Waals surface area contributed by atoms with Crippen LogP contribution in [0.4, 0.5) is 5.95 Å². The van der Waals surface area contributed by atoms with Crippen molar-refractivity contribution in [1.82, 2.24) is 9.55 Å². The predicted molar refractivity (Wildman–Crippen MR) is 76.8 cm³/mol. The largest absolute Gasteiger partial charge is 0.497 e. The summed E-state index contributed by atoms with van der Waals surface area (Å²) in [6.45, 7) is 2.06. The molecule has 0 fully saturated rings. The molecule has 1 aromatic heterocycles. The van der Waals surface area contributed by atoms with Crippen LogP contribution in [0, 0.1) is 6.92 Å². The van der Waals surface area contributed by atoms with Crippen LogP contribution >= 0.6 is 0 Å². The van der Waals surface area contributed by atoms with E-state index in [4.69, 9.17) is 10.5 Å². The zero-order valence-corrected chi connectivity index (χ0v) is 10.9. The van der Waals surface area contributed by atoms with Crippen LogP contribution < -0.4 is 10.5 Å². The fourth-order valence-electron chi connectivity index (χ4n) is 2.31. The van der Waals surface area contributed by atoms with Gasteiger partial charge in [0.1, 0.15) is 5.75 Å². The Morgan fingerprint density at radius 3 is 2.53 bits per heavy atom. The number of hydrogen-bond donors (Lipinski definition) is 1. The molecular weight excluding hydrogens is 238 g/mol. The smallest absolute Gasteiger partial charge is 0.205 e. The number of anilines is 1. The maximum Gasteiger partial charge on any atom is 0.205 e. The average molecular weight is 253 g/mol. The lowest BCUT2D eigenvalue weighted by Crippen LogP contribution is -2.01. The van der Waals surface area contributed by atoms with Crippen molar-refractivity contribution in [2.45, 2.75) is 6.92 Å². The highest BCUT2D eigenvalue weighted by atomic mass is 16.5. The third kappa shape index (κ3) is 1.81. The number of hydrogen-bond acceptors (Lipinski definition) is 3. The van der Waals surface area contributed by atoms with Crippen LogP contribution in [-0.2, 0) is 0 Å². The van der Waals surface area contributed by atoms with Gasteiger partial charge in [0.05, 0.1) is 18.1 Å². The molecular formula is C15H15N3O. The molecule has 1 heterocycles. The number of ether oxygens (including phenoxy) is 1. The molecule has 0 amide bonds. The second kappa shape index (κ2) is 4.31. The zero-order chi connectivity index (χ0) is 13.4. The molecule has 3 rings (SSSR count). The van der Waals surface area contributed by atoms with E-state index in [-0.39, 0.29) is 0 Å². The molecule has 0 atom stereocenters. The van der Waals surface area contributed by atoms with E-state index in [1.807, 2.05) is 41.0 Å². The Morgan fingerprint density at radius 2 is 1.84 bits per heavy atom. The maximum absolute atomic E-state index is 6.05. The molecule has 0 bridgehead atoms. The minimum atomic E-state index is 0.495. The second-order valence-corrected chi connectivity index (χ2v) is 4.45. The third-order valence-corrected chi connectivity index (χ3v) is 3.23. The van der Waals surface area contributed by atoms with E-state index in [2.05, 4.69) is 18.0 Å². The Labute approximate surface area is 111 Å². The second-order valence-electron chi connectivity index (χ2n) is 4.45. The van der Waals surface area contributed by atoms with E-state index >= 15 is 0 Å². The van der Waals surface area contributed by atoms with Gasteiger partial charge in [-0.15, -0.1) is 0 Å². The summed E-state index contributed by atoms with van der Waals surface area (Å²) in [7, 11) is 1.65. The molecule has 0 aliphatic heterocycles. The number of methoxy groups -OCH3 is 1. The molecule has 3 aromatic rings. The molecule has 4 nitrogen and oxygen atoms in total. The highest BCUT2D eigenvalue weighted by Crippen LogP contribution is 2.26. The van der Waals surface area contributed by atoms with Gasteiger partial charge in [-0.1, -0.05) is 12.1 Å². The summed E-state index contributed by atoms with van der Waals surface area (Å²) in [5.41, 5.74) is 10.1. The Balaban J connectivity index is 2.26. The first-order valence-electron chi connectivity index (χ1n) is 6.08. The van der Waals surface area contributed by atoms with Crippen molar-refractivity contribution in [3.63, 3.8) is 0 Å². The molecule has 19 heavy (non-hydrogen) atoms. The van der Waals surface area contributed by atoms with E-state index < -0.39 is 0 Å². The van der Waals surface area contributed by atoms with Crippen LogP contribution in [0.15, 0.2) is 42.5 Å². The number of benzene rings is 2. The summed E-state index contributed by atoms with van der Waals surface area (Å²) in [6.07, 6.45) is 0. The molecule has 0 saturated heterocycles. The number of nitrogen functional groups attached to an aromatic ring is 1. The van der Waals surface area contributed by atoms with Gasteiger partial charge in [0, 0.05) is 5.69 Å². The van der Waals surface area contributed by atoms with Crippen LogP contribution in [0.3, 0.4) is 0 Å². The predicted octanol–water partition coefficient (Wildman–Crippen LogP) is 2.92. The van der Waals surface area contributed by atoms with Crippen molar-refractivity contribution in [1.29, 1.82) is 0 Å². The lowest BCUT2D eigenvalue weighted by atomic mass is 10.2. The summed E-state index contributed by atoms with van der Waals surface area (Å²) in [5, 5.41) is 0. The van der Waals surface area contributed by atoms with Crippen LogP contribution in [0.5, 0.6) is 5.75 Å². The summed E-state index contributed by atoms with van der Waals surface area (Å²) in [6, 6.07) is 13.8. The van der Waals surface area contributed by atoms with Gasteiger partial charge in [-0.3, -0.25) is 4.57 Å². The molecule has 2 N–H and O–H groups in total. The van der Waals surface area contributed by atoms with Crippen molar-refractivity contribution >= 4 is 17.0 Å². The molecule has 2 aromatic carbocycles. The SMILES string of the molecule is COc1ccc(-n2c(N)nc3cccc(C)c32)cc1. The molecule has 0 spiro atoms. The molecule has 0 aliphatic rings. The van der Waals surface area contributed by atoms with Gasteiger partial charge in [-0.05, 0) is 42.8 Å². The van der Waals surface area contributed by atoms with Crippen LogP contribution in [0.2, 0.25) is 0 Å². The summed E-state index contributed by atoms with van der Waals surface area (Å²) < 4.78 is 7.13. The fourth-order valence-corrected chi connectivity index (χ4v) is 2.31. The minimum absolute atomic E-state index is 0.495. The fraction of sp³-hybridized carbons (Fsp3) is 0.133. The summed E-state index contributed by atoms with van der Waals surface area (Å²) in [4.78, 5) is 4.40. The molecule has 0 radical (unpaired) electrons. The topological polar surface area (TPSA) is 53.1 Å². The van der Waals surface area contributed by atoms with Crippen molar-refractivity contribution in [2.24, 2.45) is 0 Å². The number of nitrogens with two attached hydrogens (primary N) is 1. The monoisotopic (exact) mass is 253 g/mol. The van der Waals surface area contributed by atoms with E-state index in [1.165, 1.54) is 0 Å². The number of aromatic nitrogens is 2. The van der Waals surface area contributed by atoms with Crippen molar-refractivity contribution < 1.29 is 4.74 Å². The van der Waals surface area contributed by atoms with E-state index in [9.17, 15) is 0 Å². The van der Waals surface area contributed by atoms with Crippen LogP contribution in [-0.4, -0.2) is 16.7 Å². The van der Waals surface area contributed by atoms with Crippen molar-refractivity contribution in [3.8, 4) is 11.4 Å². The normalized spacial score (nSPS) is 10.8. The first-order chi connectivity index (χ1) is 9.20. The highest BCUT2D eigenvalue weighted by molar-refractivity contribution is 5.83. The Morgan fingerprint density at radius 1 is 1.11 bits per heavy atom. The standard InChI is InChI=1S/C15H15N3O/c1-10-4-3-5-13-14(10)18(15(16)17-13)11-6-8-12(19-2)9-7-11/h3-9H,1-2H3,(H2,16,17). The van der Waals surface area contributed by atoms with Gasteiger partial charge >= 0.3 is 0 Å². The number of fused-ring (bicyclic) bond motifs is 1. The van der Waals surface area contributed by atoms with Gasteiger partial charge in [0.2, 0.25) is 5.95 Å². The number of para-hydroxylation sites is 1. The van der Waals surface area contributed by atoms with Crippen molar-refractivity contribution in [3.05, 3.63) is 48.0 Å². The number of rotatable bonds is 2. The molecule has 4 heteroatoms. The average Bonchev–Trinajstić information content (AvgIpc) is 2.76. The Hall–Kier alpha value is -2.49.